The molecule has 142 valence electrons. The number of carbonyl (C=O) groups is 3. The maximum atomic E-state index is 12.9. The van der Waals surface area contributed by atoms with Crippen LogP contribution >= 0.6 is 0 Å². The van der Waals surface area contributed by atoms with Crippen molar-refractivity contribution < 1.29 is 19.1 Å². The number of ether oxygens (including phenoxy) is 1. The van der Waals surface area contributed by atoms with E-state index in [9.17, 15) is 14.4 Å². The number of nitrogens with one attached hydrogen (secondary N) is 2. The van der Waals surface area contributed by atoms with E-state index in [4.69, 9.17) is 4.74 Å². The number of imide groups is 1. The van der Waals surface area contributed by atoms with Crippen LogP contribution in [-0.4, -0.2) is 29.9 Å². The molecule has 0 radical (unpaired) electrons. The number of aryl methyl sites for hydroxylation is 1. The van der Waals surface area contributed by atoms with Crippen molar-refractivity contribution >= 4 is 28.8 Å². The molecule has 2 aromatic carbocycles. The molecule has 0 spiro atoms. The standard InChI is InChI=1S/C21H19N3O4/c1-13-12-16(15-10-6-7-11-17(15)23-13)20(26)28-18(14-8-4-3-5-9-14)19(25)24-21(27)22-2/h3-12,18H,1-2H3,(H2,22,24,25,27)/t18-/m1/s1. The van der Waals surface area contributed by atoms with Gasteiger partial charge in [-0.15, -0.1) is 0 Å². The van der Waals surface area contributed by atoms with Crippen molar-refractivity contribution in [3.63, 3.8) is 0 Å². The molecule has 0 saturated heterocycles. The molecule has 1 atom stereocenters. The number of amides is 3. The van der Waals surface area contributed by atoms with Crippen molar-refractivity contribution in [1.82, 2.24) is 15.6 Å². The predicted octanol–water partition coefficient (Wildman–Crippen LogP) is 2.90. The summed E-state index contributed by atoms with van der Waals surface area (Å²) >= 11 is 0. The highest BCUT2D eigenvalue weighted by molar-refractivity contribution is 6.05. The molecule has 1 heterocycles. The number of urea groups is 1. The van der Waals surface area contributed by atoms with Crippen molar-refractivity contribution in [2.45, 2.75) is 13.0 Å². The lowest BCUT2D eigenvalue weighted by molar-refractivity contribution is -0.129. The second-order valence-electron chi connectivity index (χ2n) is 6.09. The van der Waals surface area contributed by atoms with Gasteiger partial charge in [-0.25, -0.2) is 9.59 Å². The first-order valence-electron chi connectivity index (χ1n) is 8.64. The van der Waals surface area contributed by atoms with Gasteiger partial charge in [0.05, 0.1) is 11.1 Å². The number of rotatable bonds is 4. The quantitative estimate of drug-likeness (QED) is 0.682. The van der Waals surface area contributed by atoms with E-state index < -0.39 is 24.0 Å². The molecule has 3 rings (SSSR count). The largest absolute Gasteiger partial charge is 0.444 e. The smallest absolute Gasteiger partial charge is 0.340 e. The summed E-state index contributed by atoms with van der Waals surface area (Å²) in [4.78, 5) is 41.4. The third kappa shape index (κ3) is 4.15. The van der Waals surface area contributed by atoms with Crippen LogP contribution in [0.1, 0.15) is 27.7 Å². The van der Waals surface area contributed by atoms with Gasteiger partial charge in [-0.2, -0.15) is 0 Å². The van der Waals surface area contributed by atoms with E-state index in [1.165, 1.54) is 7.05 Å². The van der Waals surface area contributed by atoms with Crippen molar-refractivity contribution in [1.29, 1.82) is 0 Å². The van der Waals surface area contributed by atoms with Crippen LogP contribution in [0.25, 0.3) is 10.9 Å². The molecule has 0 aliphatic rings. The number of carbonyl (C=O) groups excluding carboxylic acids is 3. The van der Waals surface area contributed by atoms with E-state index in [2.05, 4.69) is 15.6 Å². The lowest BCUT2D eigenvalue weighted by atomic mass is 10.1. The normalized spacial score (nSPS) is 11.5. The minimum atomic E-state index is -1.28. The third-order valence-corrected chi connectivity index (χ3v) is 4.09. The molecule has 7 nitrogen and oxygen atoms in total. The summed E-state index contributed by atoms with van der Waals surface area (Å²) in [6, 6.07) is 16.6. The molecule has 3 aromatic rings. The second-order valence-corrected chi connectivity index (χ2v) is 6.09. The van der Waals surface area contributed by atoms with Gasteiger partial charge in [-0.3, -0.25) is 15.1 Å². The zero-order valence-electron chi connectivity index (χ0n) is 15.4. The van der Waals surface area contributed by atoms with E-state index in [-0.39, 0.29) is 0 Å². The van der Waals surface area contributed by atoms with Gasteiger partial charge in [-0.1, -0.05) is 48.5 Å². The number of benzene rings is 2. The molecule has 0 aliphatic heterocycles. The zero-order chi connectivity index (χ0) is 20.1. The summed E-state index contributed by atoms with van der Waals surface area (Å²) in [5, 5.41) is 5.08. The summed E-state index contributed by atoms with van der Waals surface area (Å²) in [5.74, 6) is -1.42. The number of hydrogen-bond acceptors (Lipinski definition) is 5. The Morgan fingerprint density at radius 2 is 1.68 bits per heavy atom. The monoisotopic (exact) mass is 377 g/mol. The fourth-order valence-corrected chi connectivity index (χ4v) is 2.79. The molecule has 1 aromatic heterocycles. The highest BCUT2D eigenvalue weighted by Gasteiger charge is 2.27. The highest BCUT2D eigenvalue weighted by atomic mass is 16.5. The number of fused-ring (bicyclic) bond motifs is 1. The second kappa shape index (κ2) is 8.30. The molecule has 0 bridgehead atoms. The van der Waals surface area contributed by atoms with Gasteiger partial charge in [0.1, 0.15) is 0 Å². The Balaban J connectivity index is 1.96. The summed E-state index contributed by atoms with van der Waals surface area (Å²) in [5.41, 5.74) is 2.06. The van der Waals surface area contributed by atoms with Crippen LogP contribution in [0, 0.1) is 6.92 Å². The van der Waals surface area contributed by atoms with E-state index in [0.29, 0.717) is 27.7 Å². The number of nitrogens with zero attached hydrogens (tertiary/aromatic N) is 1. The van der Waals surface area contributed by atoms with Crippen molar-refractivity contribution in [2.24, 2.45) is 0 Å². The molecule has 7 heteroatoms. The van der Waals surface area contributed by atoms with E-state index >= 15 is 0 Å². The molecule has 0 fully saturated rings. The van der Waals surface area contributed by atoms with Crippen LogP contribution in [0.4, 0.5) is 4.79 Å². The lowest BCUT2D eigenvalue weighted by Crippen LogP contribution is -2.41. The number of esters is 1. The Bertz CT molecular complexity index is 1030. The Hall–Kier alpha value is -3.74. The fraction of sp³-hybridized carbons (Fsp3) is 0.143. The number of pyridine rings is 1. The van der Waals surface area contributed by atoms with Gasteiger partial charge < -0.3 is 10.1 Å². The first-order valence-corrected chi connectivity index (χ1v) is 8.64. The van der Waals surface area contributed by atoms with Gasteiger partial charge in [0.15, 0.2) is 0 Å². The average Bonchev–Trinajstić information content (AvgIpc) is 2.71. The summed E-state index contributed by atoms with van der Waals surface area (Å²) in [6.45, 7) is 1.77. The van der Waals surface area contributed by atoms with Crippen LogP contribution in [0.15, 0.2) is 60.7 Å². The predicted molar refractivity (Wildman–Crippen MR) is 104 cm³/mol. The summed E-state index contributed by atoms with van der Waals surface area (Å²) < 4.78 is 5.53. The average molecular weight is 377 g/mol. The zero-order valence-corrected chi connectivity index (χ0v) is 15.4. The van der Waals surface area contributed by atoms with Gasteiger partial charge >= 0.3 is 12.0 Å². The molecular weight excluding hydrogens is 358 g/mol. The third-order valence-electron chi connectivity index (χ3n) is 4.09. The van der Waals surface area contributed by atoms with Crippen LogP contribution in [0.2, 0.25) is 0 Å². The SMILES string of the molecule is CNC(=O)NC(=O)[C@H](OC(=O)c1cc(C)nc2ccccc12)c1ccccc1. The molecule has 0 unspecified atom stereocenters. The Morgan fingerprint density at radius 1 is 1.00 bits per heavy atom. The van der Waals surface area contributed by atoms with Crippen LogP contribution in [0.5, 0.6) is 0 Å². The van der Waals surface area contributed by atoms with Gasteiger partial charge in [-0.05, 0) is 19.1 Å². The summed E-state index contributed by atoms with van der Waals surface area (Å²) in [7, 11) is 1.39. The Morgan fingerprint density at radius 3 is 2.39 bits per heavy atom. The molecule has 0 aliphatic carbocycles. The van der Waals surface area contributed by atoms with Gasteiger partial charge in [0, 0.05) is 23.7 Å². The van der Waals surface area contributed by atoms with Crippen molar-refractivity contribution in [2.75, 3.05) is 7.05 Å². The lowest BCUT2D eigenvalue weighted by Gasteiger charge is -2.18. The number of hydrogen-bond donors (Lipinski definition) is 2. The molecule has 2 N–H and O–H groups in total. The number of para-hydroxylation sites is 1. The van der Waals surface area contributed by atoms with Gasteiger partial charge in [0.2, 0.25) is 6.10 Å². The highest BCUT2D eigenvalue weighted by Crippen LogP contribution is 2.24. The van der Waals surface area contributed by atoms with Crippen molar-refractivity contribution in [3.05, 3.63) is 77.5 Å². The topological polar surface area (TPSA) is 97.4 Å². The van der Waals surface area contributed by atoms with Crippen LogP contribution in [0.3, 0.4) is 0 Å². The Kier molecular flexibility index (Phi) is 5.64. The molecule has 0 saturated carbocycles. The first-order chi connectivity index (χ1) is 13.5. The molecular formula is C21H19N3O4. The summed E-state index contributed by atoms with van der Waals surface area (Å²) in [6.07, 6.45) is -1.28. The van der Waals surface area contributed by atoms with Crippen molar-refractivity contribution in [3.8, 4) is 0 Å². The van der Waals surface area contributed by atoms with Gasteiger partial charge in [0.25, 0.3) is 5.91 Å². The first kappa shape index (κ1) is 19.0. The Labute approximate surface area is 161 Å². The molecule has 3 amide bonds. The maximum absolute atomic E-state index is 12.9. The maximum Gasteiger partial charge on any atom is 0.340 e. The fourth-order valence-electron chi connectivity index (χ4n) is 2.79. The van der Waals surface area contributed by atoms with Crippen LogP contribution in [-0.2, 0) is 9.53 Å². The number of aromatic nitrogens is 1. The minimum absolute atomic E-state index is 0.303. The molecule has 28 heavy (non-hydrogen) atoms. The van der Waals surface area contributed by atoms with Crippen LogP contribution < -0.4 is 10.6 Å². The van der Waals surface area contributed by atoms with E-state index in [1.54, 1.807) is 61.5 Å². The van der Waals surface area contributed by atoms with E-state index in [0.717, 1.165) is 0 Å². The van der Waals surface area contributed by atoms with E-state index in [1.807, 2.05) is 6.07 Å². The minimum Gasteiger partial charge on any atom is -0.444 e.